The van der Waals surface area contributed by atoms with Gasteiger partial charge in [-0.1, -0.05) is 12.1 Å². The Kier molecular flexibility index (Phi) is 5.55. The van der Waals surface area contributed by atoms with Crippen molar-refractivity contribution in [2.75, 3.05) is 20.1 Å². The molecular weight excluding hydrogens is 302 g/mol. The summed E-state index contributed by atoms with van der Waals surface area (Å²) in [6.07, 6.45) is 1.72. The molecule has 1 aromatic carbocycles. The van der Waals surface area contributed by atoms with E-state index in [1.54, 1.807) is 24.3 Å². The van der Waals surface area contributed by atoms with E-state index in [0.717, 1.165) is 31.5 Å². The monoisotopic (exact) mass is 325 g/mol. The van der Waals surface area contributed by atoms with E-state index in [-0.39, 0.29) is 22.8 Å². The predicted octanol–water partition coefficient (Wildman–Crippen LogP) is 0.772. The summed E-state index contributed by atoms with van der Waals surface area (Å²) in [6, 6.07) is 6.42. The molecule has 1 aromatic rings. The lowest BCUT2D eigenvalue weighted by Gasteiger charge is -2.24. The molecular formula is C15H23N3O3S. The fraction of sp³-hybridized carbons (Fsp3) is 0.533. The highest BCUT2D eigenvalue weighted by Gasteiger charge is 2.22. The minimum absolute atomic E-state index is 0.0626. The van der Waals surface area contributed by atoms with Crippen molar-refractivity contribution in [3.8, 4) is 0 Å². The van der Waals surface area contributed by atoms with Gasteiger partial charge in [-0.15, -0.1) is 0 Å². The normalized spacial score (nSPS) is 17.9. The van der Waals surface area contributed by atoms with Crippen molar-refractivity contribution in [3.05, 3.63) is 29.8 Å². The number of carbonyl (C=O) groups excluding carboxylic acids is 1. The zero-order valence-electron chi connectivity index (χ0n) is 12.9. The summed E-state index contributed by atoms with van der Waals surface area (Å²) in [5.41, 5.74) is 0.886. The molecule has 22 heavy (non-hydrogen) atoms. The molecule has 6 nitrogen and oxygen atoms in total. The first-order valence-corrected chi connectivity index (χ1v) is 8.97. The highest BCUT2D eigenvalue weighted by atomic mass is 32.2. The van der Waals surface area contributed by atoms with Gasteiger partial charge in [-0.2, -0.15) is 0 Å². The molecule has 2 rings (SSSR count). The lowest BCUT2D eigenvalue weighted by Crippen LogP contribution is -2.39. The van der Waals surface area contributed by atoms with E-state index in [1.807, 2.05) is 6.92 Å². The van der Waals surface area contributed by atoms with Gasteiger partial charge in [0.2, 0.25) is 15.9 Å². The van der Waals surface area contributed by atoms with Gasteiger partial charge in [-0.3, -0.25) is 4.79 Å². The highest BCUT2D eigenvalue weighted by molar-refractivity contribution is 7.89. The molecule has 1 fully saturated rings. The first-order valence-electron chi connectivity index (χ1n) is 7.48. The molecule has 1 amide bonds. The van der Waals surface area contributed by atoms with Crippen molar-refractivity contribution in [2.45, 2.75) is 30.7 Å². The Labute approximate surface area is 131 Å². The van der Waals surface area contributed by atoms with Gasteiger partial charge in [0.05, 0.1) is 10.9 Å². The van der Waals surface area contributed by atoms with Gasteiger partial charge in [0, 0.05) is 5.92 Å². The molecule has 0 aromatic heterocycles. The number of amides is 1. The van der Waals surface area contributed by atoms with E-state index in [0.29, 0.717) is 0 Å². The van der Waals surface area contributed by atoms with E-state index in [2.05, 4.69) is 15.4 Å². The average molecular weight is 325 g/mol. The lowest BCUT2D eigenvalue weighted by atomic mass is 9.96. The number of rotatable bonds is 5. The maximum atomic E-state index is 12.2. The van der Waals surface area contributed by atoms with Crippen molar-refractivity contribution in [1.29, 1.82) is 0 Å². The summed E-state index contributed by atoms with van der Waals surface area (Å²) >= 11 is 0. The Balaban J connectivity index is 2.00. The topological polar surface area (TPSA) is 87.3 Å². The maximum absolute atomic E-state index is 12.2. The van der Waals surface area contributed by atoms with Crippen LogP contribution in [0.2, 0.25) is 0 Å². The Bertz CT molecular complexity index is 607. The van der Waals surface area contributed by atoms with E-state index in [4.69, 9.17) is 0 Å². The fourth-order valence-electron chi connectivity index (χ4n) is 2.55. The van der Waals surface area contributed by atoms with Gasteiger partial charge in [0.15, 0.2) is 0 Å². The van der Waals surface area contributed by atoms with Crippen LogP contribution in [0.4, 0.5) is 0 Å². The molecule has 3 N–H and O–H groups in total. The summed E-state index contributed by atoms with van der Waals surface area (Å²) in [5, 5.41) is 6.24. The van der Waals surface area contributed by atoms with Crippen LogP contribution in [0, 0.1) is 5.92 Å². The number of benzene rings is 1. The molecule has 122 valence electrons. The minimum atomic E-state index is -3.43. The van der Waals surface area contributed by atoms with E-state index in [1.165, 1.54) is 7.05 Å². The molecule has 1 aliphatic heterocycles. The summed E-state index contributed by atoms with van der Waals surface area (Å²) in [6.45, 7) is 3.66. The second-order valence-electron chi connectivity index (χ2n) is 5.53. The SMILES string of the molecule is CNS(=O)(=O)c1ccc(C(C)NC(=O)C2CCNCC2)cc1. The molecule has 0 bridgehead atoms. The van der Waals surface area contributed by atoms with Gasteiger partial charge >= 0.3 is 0 Å². The smallest absolute Gasteiger partial charge is 0.240 e. The van der Waals surface area contributed by atoms with Gasteiger partial charge < -0.3 is 10.6 Å². The van der Waals surface area contributed by atoms with Gasteiger partial charge in [-0.25, -0.2) is 13.1 Å². The molecule has 1 unspecified atom stereocenters. The van der Waals surface area contributed by atoms with Crippen LogP contribution in [0.25, 0.3) is 0 Å². The Hall–Kier alpha value is -1.44. The first kappa shape index (κ1) is 16.9. The molecule has 1 heterocycles. The van der Waals surface area contributed by atoms with Crippen LogP contribution in [0.3, 0.4) is 0 Å². The zero-order chi connectivity index (χ0) is 16.2. The molecule has 7 heteroatoms. The molecule has 1 saturated heterocycles. The summed E-state index contributed by atoms with van der Waals surface area (Å²) < 4.78 is 25.6. The highest BCUT2D eigenvalue weighted by Crippen LogP contribution is 2.18. The second-order valence-corrected chi connectivity index (χ2v) is 7.42. The van der Waals surface area contributed by atoms with Crippen LogP contribution < -0.4 is 15.4 Å². The summed E-state index contributed by atoms with van der Waals surface area (Å²) in [4.78, 5) is 12.4. The number of piperidine rings is 1. The number of hydrogen-bond acceptors (Lipinski definition) is 4. The standard InChI is InChI=1S/C15H23N3O3S/c1-11(18-15(19)13-7-9-17-10-8-13)12-3-5-14(6-4-12)22(20,21)16-2/h3-6,11,13,16-17H,7-10H2,1-2H3,(H,18,19). The minimum Gasteiger partial charge on any atom is -0.349 e. The van der Waals surface area contributed by atoms with Crippen molar-refractivity contribution >= 4 is 15.9 Å². The van der Waals surface area contributed by atoms with Crippen molar-refractivity contribution < 1.29 is 13.2 Å². The molecule has 1 aliphatic rings. The van der Waals surface area contributed by atoms with E-state index in [9.17, 15) is 13.2 Å². The Morgan fingerprint density at radius 1 is 1.23 bits per heavy atom. The molecule has 0 aliphatic carbocycles. The quantitative estimate of drug-likeness (QED) is 0.746. The van der Waals surface area contributed by atoms with Crippen LogP contribution >= 0.6 is 0 Å². The first-order chi connectivity index (χ1) is 10.4. The van der Waals surface area contributed by atoms with Gasteiger partial charge in [0.25, 0.3) is 0 Å². The fourth-order valence-corrected chi connectivity index (χ4v) is 3.28. The number of sulfonamides is 1. The van der Waals surface area contributed by atoms with Crippen LogP contribution in [-0.2, 0) is 14.8 Å². The summed E-state index contributed by atoms with van der Waals surface area (Å²) in [7, 11) is -2.05. The zero-order valence-corrected chi connectivity index (χ0v) is 13.7. The third-order valence-corrected chi connectivity index (χ3v) is 5.46. The van der Waals surface area contributed by atoms with Crippen LogP contribution in [0.15, 0.2) is 29.2 Å². The van der Waals surface area contributed by atoms with Crippen molar-refractivity contribution in [2.24, 2.45) is 5.92 Å². The third-order valence-electron chi connectivity index (χ3n) is 4.03. The van der Waals surface area contributed by atoms with Crippen molar-refractivity contribution in [3.63, 3.8) is 0 Å². The molecule has 0 saturated carbocycles. The van der Waals surface area contributed by atoms with Crippen LogP contribution in [0.1, 0.15) is 31.4 Å². The largest absolute Gasteiger partial charge is 0.349 e. The summed E-state index contributed by atoms with van der Waals surface area (Å²) in [5.74, 6) is 0.133. The lowest BCUT2D eigenvalue weighted by molar-refractivity contribution is -0.126. The Morgan fingerprint density at radius 2 is 1.82 bits per heavy atom. The van der Waals surface area contributed by atoms with Gasteiger partial charge in [-0.05, 0) is 57.6 Å². The predicted molar refractivity (Wildman–Crippen MR) is 84.8 cm³/mol. The van der Waals surface area contributed by atoms with Crippen LogP contribution in [0.5, 0.6) is 0 Å². The number of carbonyl (C=O) groups is 1. The second kappa shape index (κ2) is 7.21. The Morgan fingerprint density at radius 3 is 2.36 bits per heavy atom. The van der Waals surface area contributed by atoms with E-state index < -0.39 is 10.0 Å². The number of hydrogen-bond donors (Lipinski definition) is 3. The van der Waals surface area contributed by atoms with Crippen molar-refractivity contribution in [1.82, 2.24) is 15.4 Å². The molecule has 1 atom stereocenters. The molecule has 0 spiro atoms. The maximum Gasteiger partial charge on any atom is 0.240 e. The number of nitrogens with one attached hydrogen (secondary N) is 3. The molecule has 0 radical (unpaired) electrons. The average Bonchev–Trinajstić information content (AvgIpc) is 2.55. The van der Waals surface area contributed by atoms with E-state index >= 15 is 0 Å². The van der Waals surface area contributed by atoms with Crippen LogP contribution in [-0.4, -0.2) is 34.5 Å². The third kappa shape index (κ3) is 4.06. The van der Waals surface area contributed by atoms with Gasteiger partial charge in [0.1, 0.15) is 0 Å².